The van der Waals surface area contributed by atoms with E-state index in [1.807, 2.05) is 30.3 Å². The lowest BCUT2D eigenvalue weighted by atomic mass is 9.99. The molecule has 2 heterocycles. The standard InChI is InChI=1S/C23H26N4O3/c24-11-17(15-5-2-1-3-6-15)13-25-12-16-7-4-8-18-19(16)14-27(23(18)30)20-9-10-21(28)26-22(20)29/h1-8,17,20,25H,9-14,24H2,(H,26,28,29). The highest BCUT2D eigenvalue weighted by Crippen LogP contribution is 2.29. The second kappa shape index (κ2) is 8.77. The second-order valence-corrected chi connectivity index (χ2v) is 7.82. The van der Waals surface area contributed by atoms with E-state index in [9.17, 15) is 14.4 Å². The molecule has 30 heavy (non-hydrogen) atoms. The number of nitrogens with two attached hydrogens (primary N) is 1. The molecule has 1 saturated heterocycles. The maximum atomic E-state index is 12.9. The van der Waals surface area contributed by atoms with Gasteiger partial charge in [-0.15, -0.1) is 0 Å². The monoisotopic (exact) mass is 406 g/mol. The summed E-state index contributed by atoms with van der Waals surface area (Å²) in [7, 11) is 0. The van der Waals surface area contributed by atoms with E-state index < -0.39 is 6.04 Å². The third-order valence-electron chi connectivity index (χ3n) is 5.94. The second-order valence-electron chi connectivity index (χ2n) is 7.82. The summed E-state index contributed by atoms with van der Waals surface area (Å²) in [5, 5.41) is 5.81. The van der Waals surface area contributed by atoms with Crippen LogP contribution in [0.3, 0.4) is 0 Å². The summed E-state index contributed by atoms with van der Waals surface area (Å²) in [6, 6.07) is 15.3. The molecule has 0 saturated carbocycles. The summed E-state index contributed by atoms with van der Waals surface area (Å²) in [6.07, 6.45) is 0.623. The normalized spacial score (nSPS) is 19.6. The number of nitrogens with zero attached hydrogens (tertiary/aromatic N) is 1. The van der Waals surface area contributed by atoms with Crippen LogP contribution in [0.5, 0.6) is 0 Å². The van der Waals surface area contributed by atoms with E-state index in [4.69, 9.17) is 5.73 Å². The van der Waals surface area contributed by atoms with Crippen molar-refractivity contribution >= 4 is 17.7 Å². The molecule has 4 rings (SSSR count). The van der Waals surface area contributed by atoms with Crippen molar-refractivity contribution in [3.63, 3.8) is 0 Å². The summed E-state index contributed by atoms with van der Waals surface area (Å²) in [5.41, 5.74) is 9.79. The Morgan fingerprint density at radius 3 is 2.63 bits per heavy atom. The third-order valence-corrected chi connectivity index (χ3v) is 5.94. The number of benzene rings is 2. The van der Waals surface area contributed by atoms with Crippen molar-refractivity contribution in [2.24, 2.45) is 5.73 Å². The molecular weight excluding hydrogens is 380 g/mol. The van der Waals surface area contributed by atoms with Gasteiger partial charge in [0.2, 0.25) is 11.8 Å². The van der Waals surface area contributed by atoms with Crippen molar-refractivity contribution in [1.29, 1.82) is 0 Å². The smallest absolute Gasteiger partial charge is 0.255 e. The highest BCUT2D eigenvalue weighted by Gasteiger charge is 2.39. The van der Waals surface area contributed by atoms with Crippen LogP contribution in [0.1, 0.15) is 45.8 Å². The lowest BCUT2D eigenvalue weighted by Crippen LogP contribution is -2.52. The van der Waals surface area contributed by atoms with Gasteiger partial charge in [0.1, 0.15) is 6.04 Å². The first-order chi connectivity index (χ1) is 14.6. The van der Waals surface area contributed by atoms with Crippen LogP contribution < -0.4 is 16.4 Å². The van der Waals surface area contributed by atoms with Crippen molar-refractivity contribution < 1.29 is 14.4 Å². The molecule has 0 radical (unpaired) electrons. The Labute approximate surface area is 175 Å². The van der Waals surface area contributed by atoms with Crippen LogP contribution in [0.4, 0.5) is 0 Å². The summed E-state index contributed by atoms with van der Waals surface area (Å²) < 4.78 is 0. The van der Waals surface area contributed by atoms with Crippen molar-refractivity contribution in [3.8, 4) is 0 Å². The van der Waals surface area contributed by atoms with Crippen molar-refractivity contribution in [2.75, 3.05) is 13.1 Å². The third kappa shape index (κ3) is 3.99. The molecule has 7 heteroatoms. The lowest BCUT2D eigenvalue weighted by Gasteiger charge is -2.29. The van der Waals surface area contributed by atoms with Gasteiger partial charge in [-0.2, -0.15) is 0 Å². The SMILES string of the molecule is NCC(CNCc1cccc2c1CN(C1CCC(=O)NC1=O)C2=O)c1ccccc1. The zero-order chi connectivity index (χ0) is 21.1. The molecule has 3 amide bonds. The molecule has 1 fully saturated rings. The number of carbonyl (C=O) groups excluding carboxylic acids is 3. The first-order valence-corrected chi connectivity index (χ1v) is 10.3. The number of rotatable bonds is 7. The number of fused-ring (bicyclic) bond motifs is 1. The highest BCUT2D eigenvalue weighted by molar-refractivity contribution is 6.05. The quantitative estimate of drug-likeness (QED) is 0.601. The Morgan fingerprint density at radius 1 is 1.10 bits per heavy atom. The number of piperidine rings is 1. The fourth-order valence-corrected chi connectivity index (χ4v) is 4.26. The average molecular weight is 406 g/mol. The van der Waals surface area contributed by atoms with Crippen LogP contribution in [0, 0.1) is 0 Å². The predicted molar refractivity (Wildman–Crippen MR) is 112 cm³/mol. The molecule has 2 aliphatic rings. The molecule has 0 bridgehead atoms. The van der Waals surface area contributed by atoms with Gasteiger partial charge in [0.15, 0.2) is 0 Å². The Hall–Kier alpha value is -3.03. The van der Waals surface area contributed by atoms with E-state index in [0.29, 0.717) is 31.6 Å². The minimum atomic E-state index is -0.594. The molecule has 2 aromatic rings. The van der Waals surface area contributed by atoms with Crippen molar-refractivity contribution in [3.05, 3.63) is 70.8 Å². The van der Waals surface area contributed by atoms with Gasteiger partial charge in [-0.05, 0) is 29.2 Å². The van der Waals surface area contributed by atoms with E-state index in [0.717, 1.165) is 17.7 Å². The number of amides is 3. The molecule has 4 N–H and O–H groups in total. The van der Waals surface area contributed by atoms with Crippen LogP contribution in [-0.4, -0.2) is 41.8 Å². The van der Waals surface area contributed by atoms with Gasteiger partial charge in [0.25, 0.3) is 5.91 Å². The van der Waals surface area contributed by atoms with E-state index in [-0.39, 0.29) is 30.1 Å². The molecular formula is C23H26N4O3. The minimum Gasteiger partial charge on any atom is -0.330 e. The van der Waals surface area contributed by atoms with Gasteiger partial charge in [0, 0.05) is 44.1 Å². The van der Waals surface area contributed by atoms with E-state index in [1.54, 1.807) is 11.0 Å². The molecule has 2 atom stereocenters. The van der Waals surface area contributed by atoms with Gasteiger partial charge in [-0.25, -0.2) is 0 Å². The zero-order valence-electron chi connectivity index (χ0n) is 16.8. The van der Waals surface area contributed by atoms with Crippen LogP contribution in [0.25, 0.3) is 0 Å². The number of imide groups is 1. The van der Waals surface area contributed by atoms with Crippen LogP contribution >= 0.6 is 0 Å². The van der Waals surface area contributed by atoms with Gasteiger partial charge < -0.3 is 16.0 Å². The zero-order valence-corrected chi connectivity index (χ0v) is 16.8. The number of hydrogen-bond donors (Lipinski definition) is 3. The predicted octanol–water partition coefficient (Wildman–Crippen LogP) is 1.28. The Bertz CT molecular complexity index is 960. The number of carbonyl (C=O) groups is 3. The van der Waals surface area contributed by atoms with E-state index in [1.165, 1.54) is 5.56 Å². The molecule has 0 aromatic heterocycles. The molecule has 2 aromatic carbocycles. The first kappa shape index (κ1) is 20.3. The number of nitrogens with one attached hydrogen (secondary N) is 2. The van der Waals surface area contributed by atoms with Gasteiger partial charge in [-0.1, -0.05) is 42.5 Å². The first-order valence-electron chi connectivity index (χ1n) is 10.3. The lowest BCUT2D eigenvalue weighted by molar-refractivity contribution is -0.136. The molecule has 0 aliphatic carbocycles. The van der Waals surface area contributed by atoms with Crippen molar-refractivity contribution in [1.82, 2.24) is 15.5 Å². The number of hydrogen-bond acceptors (Lipinski definition) is 5. The van der Waals surface area contributed by atoms with Gasteiger partial charge in [-0.3, -0.25) is 19.7 Å². The fraction of sp³-hybridized carbons (Fsp3) is 0.348. The molecule has 2 unspecified atom stereocenters. The summed E-state index contributed by atoms with van der Waals surface area (Å²) in [4.78, 5) is 38.2. The minimum absolute atomic E-state index is 0.148. The van der Waals surface area contributed by atoms with Crippen molar-refractivity contribution in [2.45, 2.75) is 37.9 Å². The summed E-state index contributed by atoms with van der Waals surface area (Å²) in [6.45, 7) is 2.28. The Kier molecular flexibility index (Phi) is 5.92. The van der Waals surface area contributed by atoms with Gasteiger partial charge >= 0.3 is 0 Å². The maximum absolute atomic E-state index is 12.9. The summed E-state index contributed by atoms with van der Waals surface area (Å²) in [5.74, 6) is -0.603. The van der Waals surface area contributed by atoms with Crippen LogP contribution in [0.2, 0.25) is 0 Å². The fourth-order valence-electron chi connectivity index (χ4n) is 4.26. The van der Waals surface area contributed by atoms with E-state index in [2.05, 4.69) is 22.8 Å². The van der Waals surface area contributed by atoms with Gasteiger partial charge in [0.05, 0.1) is 0 Å². The average Bonchev–Trinajstić information content (AvgIpc) is 3.09. The molecule has 2 aliphatic heterocycles. The van der Waals surface area contributed by atoms with E-state index >= 15 is 0 Å². The molecule has 156 valence electrons. The highest BCUT2D eigenvalue weighted by atomic mass is 16.2. The topological polar surface area (TPSA) is 105 Å². The van der Waals surface area contributed by atoms with Crippen LogP contribution in [0.15, 0.2) is 48.5 Å². The molecule has 0 spiro atoms. The Morgan fingerprint density at radius 2 is 1.90 bits per heavy atom. The summed E-state index contributed by atoms with van der Waals surface area (Å²) >= 11 is 0. The largest absolute Gasteiger partial charge is 0.330 e. The molecule has 7 nitrogen and oxygen atoms in total. The van der Waals surface area contributed by atoms with Crippen LogP contribution in [-0.2, 0) is 22.7 Å². The maximum Gasteiger partial charge on any atom is 0.255 e. The Balaban J connectivity index is 1.44.